The number of ether oxygens (including phenoxy) is 1. The van der Waals surface area contributed by atoms with Crippen molar-refractivity contribution in [2.75, 3.05) is 6.54 Å². The molecular weight excluding hydrogens is 368 g/mol. The maximum absolute atomic E-state index is 12.3. The van der Waals surface area contributed by atoms with Gasteiger partial charge in [0.05, 0.1) is 5.69 Å². The van der Waals surface area contributed by atoms with E-state index in [1.165, 1.54) is 11.6 Å². The lowest BCUT2D eigenvalue weighted by atomic mass is 10.2. The predicted molar refractivity (Wildman–Crippen MR) is 111 cm³/mol. The molecule has 0 spiro atoms. The first-order valence-corrected chi connectivity index (χ1v) is 9.39. The van der Waals surface area contributed by atoms with Gasteiger partial charge in [-0.1, -0.05) is 29.8 Å². The fourth-order valence-electron chi connectivity index (χ4n) is 2.85. The molecule has 6 heteroatoms. The van der Waals surface area contributed by atoms with Crippen LogP contribution in [-0.2, 0) is 13.2 Å². The molecule has 0 radical (unpaired) electrons. The van der Waals surface area contributed by atoms with Crippen molar-refractivity contribution < 1.29 is 14.6 Å². The van der Waals surface area contributed by atoms with E-state index in [0.29, 0.717) is 36.7 Å². The summed E-state index contributed by atoms with van der Waals surface area (Å²) in [6.07, 6.45) is 1.60. The number of benzene rings is 2. The van der Waals surface area contributed by atoms with Crippen LogP contribution in [0.3, 0.4) is 0 Å². The van der Waals surface area contributed by atoms with Gasteiger partial charge in [-0.2, -0.15) is 0 Å². The van der Waals surface area contributed by atoms with E-state index in [4.69, 9.17) is 4.74 Å². The molecule has 0 unspecified atom stereocenters. The van der Waals surface area contributed by atoms with Gasteiger partial charge >= 0.3 is 0 Å². The molecule has 2 aromatic carbocycles. The highest BCUT2D eigenvalue weighted by atomic mass is 16.5. The second kappa shape index (κ2) is 9.10. The normalized spacial score (nSPS) is 10.6. The molecule has 1 heterocycles. The number of pyridine rings is 1. The topological polar surface area (TPSA) is 80.6 Å². The third-order valence-electron chi connectivity index (χ3n) is 4.69. The Bertz CT molecular complexity index is 1040. The fraction of sp³-hybridized carbons (Fsp3) is 0.217. The molecule has 0 atom stereocenters. The molecule has 0 aliphatic heterocycles. The van der Waals surface area contributed by atoms with E-state index in [-0.39, 0.29) is 11.7 Å². The van der Waals surface area contributed by atoms with E-state index >= 15 is 0 Å². The van der Waals surface area contributed by atoms with Crippen LogP contribution >= 0.6 is 0 Å². The Morgan fingerprint density at radius 2 is 1.72 bits per heavy atom. The summed E-state index contributed by atoms with van der Waals surface area (Å²) in [6.45, 7) is 4.99. The van der Waals surface area contributed by atoms with Gasteiger partial charge in [0.2, 0.25) is 5.43 Å². The summed E-state index contributed by atoms with van der Waals surface area (Å²) in [4.78, 5) is 23.7. The monoisotopic (exact) mass is 392 g/mol. The smallest absolute Gasteiger partial charge is 0.251 e. The van der Waals surface area contributed by atoms with Crippen LogP contribution in [0.1, 0.15) is 27.2 Å². The van der Waals surface area contributed by atoms with Crippen LogP contribution in [0, 0.1) is 13.8 Å². The number of aromatic nitrogens is 1. The van der Waals surface area contributed by atoms with Crippen LogP contribution in [0.25, 0.3) is 0 Å². The largest absolute Gasteiger partial charge is 0.503 e. The van der Waals surface area contributed by atoms with Gasteiger partial charge in [0.25, 0.3) is 5.91 Å². The molecule has 150 valence electrons. The zero-order valence-electron chi connectivity index (χ0n) is 16.5. The average molecular weight is 392 g/mol. The van der Waals surface area contributed by atoms with Crippen LogP contribution in [-0.4, -0.2) is 22.1 Å². The lowest BCUT2D eigenvalue weighted by molar-refractivity contribution is 0.0952. The van der Waals surface area contributed by atoms with E-state index < -0.39 is 5.43 Å². The Morgan fingerprint density at radius 1 is 1.03 bits per heavy atom. The zero-order chi connectivity index (χ0) is 20.8. The van der Waals surface area contributed by atoms with Crippen LogP contribution in [0.2, 0.25) is 0 Å². The number of aryl methyl sites for hydroxylation is 1. The van der Waals surface area contributed by atoms with Gasteiger partial charge in [0.1, 0.15) is 12.4 Å². The molecular formula is C23H24N2O4. The molecule has 1 aromatic heterocycles. The average Bonchev–Trinajstić information content (AvgIpc) is 2.73. The quantitative estimate of drug-likeness (QED) is 0.647. The SMILES string of the molecule is Cc1ccc(COc2ccc(C(=O)NCCn3ccc(=O)c(O)c3C)cc2)cc1. The van der Waals surface area contributed by atoms with E-state index in [9.17, 15) is 14.7 Å². The Labute approximate surface area is 169 Å². The van der Waals surface area contributed by atoms with Crippen molar-refractivity contribution in [2.24, 2.45) is 0 Å². The third kappa shape index (κ3) is 5.25. The maximum Gasteiger partial charge on any atom is 0.251 e. The summed E-state index contributed by atoms with van der Waals surface area (Å²) in [6, 6.07) is 16.4. The number of nitrogens with one attached hydrogen (secondary N) is 1. The van der Waals surface area contributed by atoms with E-state index in [2.05, 4.69) is 5.32 Å². The number of carbonyl (C=O) groups is 1. The second-order valence-electron chi connectivity index (χ2n) is 6.86. The maximum atomic E-state index is 12.3. The van der Waals surface area contributed by atoms with E-state index in [1.54, 1.807) is 42.0 Å². The van der Waals surface area contributed by atoms with Crippen molar-refractivity contribution in [1.82, 2.24) is 9.88 Å². The van der Waals surface area contributed by atoms with Crippen molar-refractivity contribution in [1.29, 1.82) is 0 Å². The molecule has 2 N–H and O–H groups in total. The minimum atomic E-state index is -0.410. The van der Waals surface area contributed by atoms with E-state index in [1.807, 2.05) is 31.2 Å². The minimum absolute atomic E-state index is 0.196. The van der Waals surface area contributed by atoms with Crippen molar-refractivity contribution >= 4 is 5.91 Å². The zero-order valence-corrected chi connectivity index (χ0v) is 16.5. The van der Waals surface area contributed by atoms with Crippen LogP contribution in [0.5, 0.6) is 11.5 Å². The Morgan fingerprint density at radius 3 is 2.41 bits per heavy atom. The summed E-state index contributed by atoms with van der Waals surface area (Å²) in [5.41, 5.74) is 2.89. The summed E-state index contributed by atoms with van der Waals surface area (Å²) in [5, 5.41) is 12.5. The number of hydrogen-bond acceptors (Lipinski definition) is 4. The number of hydrogen-bond donors (Lipinski definition) is 2. The standard InChI is InChI=1S/C23H24N2O4/c1-16-3-5-18(6-4-16)15-29-20-9-7-19(8-10-20)23(28)24-12-14-25-13-11-21(26)22(27)17(25)2/h3-11,13,27H,12,14-15H2,1-2H3,(H,24,28). The lowest BCUT2D eigenvalue weighted by Gasteiger charge is -2.12. The van der Waals surface area contributed by atoms with Crippen LogP contribution in [0.4, 0.5) is 0 Å². The predicted octanol–water partition coefficient (Wildman–Crippen LogP) is 3.18. The molecule has 29 heavy (non-hydrogen) atoms. The number of amides is 1. The van der Waals surface area contributed by atoms with Crippen molar-refractivity contribution in [3.8, 4) is 11.5 Å². The van der Waals surface area contributed by atoms with Crippen molar-refractivity contribution in [3.05, 3.63) is 93.4 Å². The fourth-order valence-corrected chi connectivity index (χ4v) is 2.85. The van der Waals surface area contributed by atoms with Crippen LogP contribution in [0.15, 0.2) is 65.6 Å². The summed E-state index contributed by atoms with van der Waals surface area (Å²) in [7, 11) is 0. The number of nitrogens with zero attached hydrogens (tertiary/aromatic N) is 1. The first kappa shape index (κ1) is 20.2. The molecule has 0 saturated carbocycles. The van der Waals surface area contributed by atoms with Gasteiger partial charge in [0.15, 0.2) is 5.75 Å². The molecule has 6 nitrogen and oxygen atoms in total. The Hall–Kier alpha value is -3.54. The molecule has 0 saturated heterocycles. The minimum Gasteiger partial charge on any atom is -0.503 e. The summed E-state index contributed by atoms with van der Waals surface area (Å²) in [5.74, 6) is 0.236. The summed E-state index contributed by atoms with van der Waals surface area (Å²) >= 11 is 0. The molecule has 1 amide bonds. The molecule has 0 bridgehead atoms. The highest BCUT2D eigenvalue weighted by Crippen LogP contribution is 2.15. The van der Waals surface area contributed by atoms with E-state index in [0.717, 1.165) is 5.56 Å². The highest BCUT2D eigenvalue weighted by Gasteiger charge is 2.08. The molecule has 3 aromatic rings. The van der Waals surface area contributed by atoms with Crippen LogP contribution < -0.4 is 15.5 Å². The molecule has 0 aliphatic carbocycles. The Kier molecular flexibility index (Phi) is 6.34. The van der Waals surface area contributed by atoms with Gasteiger partial charge in [0, 0.05) is 30.9 Å². The van der Waals surface area contributed by atoms with Crippen molar-refractivity contribution in [2.45, 2.75) is 27.0 Å². The molecule has 3 rings (SSSR count). The summed E-state index contributed by atoms with van der Waals surface area (Å²) < 4.78 is 7.48. The highest BCUT2D eigenvalue weighted by molar-refractivity contribution is 5.94. The number of aromatic hydroxyl groups is 1. The molecule has 0 aliphatic rings. The van der Waals surface area contributed by atoms with Gasteiger partial charge < -0.3 is 19.7 Å². The van der Waals surface area contributed by atoms with Gasteiger partial charge in [-0.15, -0.1) is 0 Å². The number of carbonyl (C=O) groups excluding carboxylic acids is 1. The van der Waals surface area contributed by atoms with Gasteiger partial charge in [-0.05, 0) is 43.7 Å². The second-order valence-corrected chi connectivity index (χ2v) is 6.86. The first-order valence-electron chi connectivity index (χ1n) is 9.39. The number of rotatable bonds is 7. The Balaban J connectivity index is 1.50. The first-order chi connectivity index (χ1) is 13.9. The lowest BCUT2D eigenvalue weighted by Crippen LogP contribution is -2.28. The van der Waals surface area contributed by atoms with Crippen molar-refractivity contribution in [3.63, 3.8) is 0 Å². The van der Waals surface area contributed by atoms with Gasteiger partial charge in [-0.25, -0.2) is 0 Å². The van der Waals surface area contributed by atoms with Gasteiger partial charge in [-0.3, -0.25) is 9.59 Å². The molecule has 0 fully saturated rings. The third-order valence-corrected chi connectivity index (χ3v) is 4.69.